The first kappa shape index (κ1) is 22.4. The summed E-state index contributed by atoms with van der Waals surface area (Å²) in [6, 6.07) is 20.6. The molecule has 9 heteroatoms. The number of anilines is 2. The Kier molecular flexibility index (Phi) is 5.34. The zero-order valence-corrected chi connectivity index (χ0v) is 20.1. The largest absolute Gasteiger partial charge is 0.436 e. The molecule has 4 N–H and O–H groups in total. The third-order valence-electron chi connectivity index (χ3n) is 6.98. The normalized spacial score (nSPS) is 19.7. The van der Waals surface area contributed by atoms with E-state index in [-0.39, 0.29) is 12.5 Å². The summed E-state index contributed by atoms with van der Waals surface area (Å²) in [5.74, 6) is -0.0514. The quantitative estimate of drug-likeness (QED) is 0.347. The lowest BCUT2D eigenvalue weighted by Gasteiger charge is -2.35. The molecule has 0 radical (unpaired) electrons. The molecule has 6 rings (SSSR count). The average Bonchev–Trinajstić information content (AvgIpc) is 3.48. The summed E-state index contributed by atoms with van der Waals surface area (Å²) in [5, 5.41) is 3.28. The van der Waals surface area contributed by atoms with Crippen molar-refractivity contribution >= 4 is 46.0 Å². The van der Waals surface area contributed by atoms with Crippen LogP contribution in [0.2, 0.25) is 5.02 Å². The molecule has 4 aromatic rings. The first-order chi connectivity index (χ1) is 17.4. The van der Waals surface area contributed by atoms with E-state index in [0.717, 1.165) is 22.2 Å². The van der Waals surface area contributed by atoms with Crippen LogP contribution in [0.3, 0.4) is 0 Å². The molecule has 1 spiro atoms. The number of nitrogens with two attached hydrogens (primary N) is 1. The molecule has 0 saturated carbocycles. The van der Waals surface area contributed by atoms with Gasteiger partial charge in [0.15, 0.2) is 5.60 Å². The summed E-state index contributed by atoms with van der Waals surface area (Å²) in [6.07, 6.45) is 0.422. The number of aromatic amines is 1. The molecule has 2 atom stereocenters. The number of hydrogen-bond donors (Lipinski definition) is 3. The van der Waals surface area contributed by atoms with Gasteiger partial charge in [-0.1, -0.05) is 41.9 Å². The SMILES string of the molecule is Nc1ccc2nc(C(Cc3ccccc3)C(=O)N3CCC4(C3)OC(=O)Nc3ccc(Cl)cc34)[nH]c2c1. The van der Waals surface area contributed by atoms with Crippen molar-refractivity contribution < 1.29 is 14.3 Å². The van der Waals surface area contributed by atoms with Crippen LogP contribution in [-0.4, -0.2) is 40.0 Å². The third kappa shape index (κ3) is 3.93. The topological polar surface area (TPSA) is 113 Å². The van der Waals surface area contributed by atoms with Gasteiger partial charge in [0.2, 0.25) is 5.91 Å². The van der Waals surface area contributed by atoms with Crippen molar-refractivity contribution in [2.45, 2.75) is 24.4 Å². The minimum Gasteiger partial charge on any atom is -0.436 e. The summed E-state index contributed by atoms with van der Waals surface area (Å²) in [4.78, 5) is 36.2. The van der Waals surface area contributed by atoms with Gasteiger partial charge in [-0.05, 0) is 48.4 Å². The Balaban J connectivity index is 1.35. The van der Waals surface area contributed by atoms with Crippen LogP contribution in [0, 0.1) is 0 Å². The van der Waals surface area contributed by atoms with Gasteiger partial charge < -0.3 is 20.4 Å². The summed E-state index contributed by atoms with van der Waals surface area (Å²) < 4.78 is 5.82. The molecule has 2 unspecified atom stereocenters. The minimum atomic E-state index is -0.947. The second-order valence-corrected chi connectivity index (χ2v) is 9.79. The number of aromatic nitrogens is 2. The number of likely N-dealkylation sites (tertiary alicyclic amines) is 1. The maximum atomic E-state index is 14.0. The average molecular weight is 502 g/mol. The maximum absolute atomic E-state index is 14.0. The fourth-order valence-corrected chi connectivity index (χ4v) is 5.40. The summed E-state index contributed by atoms with van der Waals surface area (Å²) in [5.41, 5.74) is 9.62. The van der Waals surface area contributed by atoms with E-state index >= 15 is 0 Å². The molecule has 8 nitrogen and oxygen atoms in total. The van der Waals surface area contributed by atoms with Gasteiger partial charge in [-0.3, -0.25) is 10.1 Å². The smallest absolute Gasteiger partial charge is 0.412 e. The number of ether oxygens (including phenoxy) is 1. The van der Waals surface area contributed by atoms with E-state index in [1.165, 1.54) is 0 Å². The number of nitrogen functional groups attached to an aromatic ring is 1. The van der Waals surface area contributed by atoms with E-state index in [2.05, 4.69) is 10.3 Å². The van der Waals surface area contributed by atoms with Gasteiger partial charge in [-0.2, -0.15) is 0 Å². The molecule has 3 heterocycles. The standard InChI is InChI=1S/C27H24ClN5O3/c28-17-6-8-21-20(13-17)27(36-26(35)32-21)10-11-33(15-27)25(34)19(12-16-4-2-1-3-5-16)24-30-22-9-7-18(29)14-23(22)31-24/h1-9,13-14,19H,10-12,15,29H2,(H,30,31)(H,32,35). The molecule has 0 aliphatic carbocycles. The molecule has 182 valence electrons. The fourth-order valence-electron chi connectivity index (χ4n) is 5.23. The minimum absolute atomic E-state index is 0.0825. The molecule has 36 heavy (non-hydrogen) atoms. The van der Waals surface area contributed by atoms with Gasteiger partial charge >= 0.3 is 6.09 Å². The molecule has 1 aromatic heterocycles. The highest BCUT2D eigenvalue weighted by Gasteiger charge is 2.49. The van der Waals surface area contributed by atoms with E-state index in [9.17, 15) is 9.59 Å². The Hall–Kier alpha value is -4.04. The van der Waals surface area contributed by atoms with Gasteiger partial charge in [0.1, 0.15) is 11.7 Å². The highest BCUT2D eigenvalue weighted by atomic mass is 35.5. The van der Waals surface area contributed by atoms with Crippen LogP contribution < -0.4 is 11.1 Å². The molecular weight excluding hydrogens is 478 g/mol. The molecule has 1 fully saturated rings. The van der Waals surface area contributed by atoms with Crippen LogP contribution in [0.5, 0.6) is 0 Å². The third-order valence-corrected chi connectivity index (χ3v) is 7.21. The molecule has 1 saturated heterocycles. The van der Waals surface area contributed by atoms with Crippen LogP contribution in [0.4, 0.5) is 16.2 Å². The van der Waals surface area contributed by atoms with Crippen LogP contribution in [0.1, 0.15) is 29.3 Å². The number of imidazole rings is 1. The number of halogens is 1. The van der Waals surface area contributed by atoms with E-state index in [4.69, 9.17) is 27.1 Å². The highest BCUT2D eigenvalue weighted by Crippen LogP contribution is 2.44. The number of nitrogens with one attached hydrogen (secondary N) is 2. The van der Waals surface area contributed by atoms with Gasteiger partial charge in [0.25, 0.3) is 0 Å². The van der Waals surface area contributed by atoms with Crippen molar-refractivity contribution in [1.82, 2.24) is 14.9 Å². The van der Waals surface area contributed by atoms with Crippen molar-refractivity contribution in [3.8, 4) is 0 Å². The van der Waals surface area contributed by atoms with E-state index < -0.39 is 17.6 Å². The predicted molar refractivity (Wildman–Crippen MR) is 138 cm³/mol. The highest BCUT2D eigenvalue weighted by molar-refractivity contribution is 6.30. The number of fused-ring (bicyclic) bond motifs is 3. The second-order valence-electron chi connectivity index (χ2n) is 9.35. The summed E-state index contributed by atoms with van der Waals surface area (Å²) >= 11 is 6.27. The Morgan fingerprint density at radius 2 is 2.00 bits per heavy atom. The Labute approximate surface area is 212 Å². The Bertz CT molecular complexity index is 1490. The van der Waals surface area contributed by atoms with Crippen LogP contribution in [0.15, 0.2) is 66.7 Å². The number of nitrogens with zero attached hydrogens (tertiary/aromatic N) is 2. The molecule has 0 bridgehead atoms. The van der Waals surface area contributed by atoms with E-state index in [0.29, 0.717) is 41.6 Å². The number of carbonyl (C=O) groups is 2. The Morgan fingerprint density at radius 3 is 2.83 bits per heavy atom. The number of benzene rings is 3. The number of rotatable bonds is 4. The molecule has 2 amide bonds. The summed E-state index contributed by atoms with van der Waals surface area (Å²) in [6.45, 7) is 0.682. The second kappa shape index (κ2) is 8.57. The van der Waals surface area contributed by atoms with Gasteiger partial charge in [0, 0.05) is 29.2 Å². The molecule has 3 aromatic carbocycles. The van der Waals surface area contributed by atoms with Crippen LogP contribution in [0.25, 0.3) is 11.0 Å². The lowest BCUT2D eigenvalue weighted by molar-refractivity contribution is -0.133. The first-order valence-electron chi connectivity index (χ1n) is 11.8. The van der Waals surface area contributed by atoms with Crippen LogP contribution >= 0.6 is 11.6 Å². The molecule has 2 aliphatic heterocycles. The lowest BCUT2D eigenvalue weighted by atomic mass is 9.90. The van der Waals surface area contributed by atoms with Crippen molar-refractivity contribution in [2.24, 2.45) is 0 Å². The van der Waals surface area contributed by atoms with Gasteiger partial charge in [-0.25, -0.2) is 9.78 Å². The Morgan fingerprint density at radius 1 is 1.17 bits per heavy atom. The fraction of sp³-hybridized carbons (Fsp3) is 0.222. The zero-order valence-electron chi connectivity index (χ0n) is 19.3. The number of amides is 2. The van der Waals surface area contributed by atoms with Crippen molar-refractivity contribution in [1.29, 1.82) is 0 Å². The van der Waals surface area contributed by atoms with Crippen LogP contribution in [-0.2, 0) is 21.6 Å². The monoisotopic (exact) mass is 501 g/mol. The first-order valence-corrected chi connectivity index (χ1v) is 12.2. The molecular formula is C27H24ClN5O3. The van der Waals surface area contributed by atoms with Gasteiger partial charge in [0.05, 0.1) is 23.3 Å². The van der Waals surface area contributed by atoms with E-state index in [1.54, 1.807) is 29.2 Å². The lowest BCUT2D eigenvalue weighted by Crippen LogP contribution is -2.43. The molecule has 2 aliphatic rings. The maximum Gasteiger partial charge on any atom is 0.412 e. The number of H-pyrrole nitrogens is 1. The van der Waals surface area contributed by atoms with Crippen molar-refractivity contribution in [3.63, 3.8) is 0 Å². The zero-order chi connectivity index (χ0) is 24.9. The van der Waals surface area contributed by atoms with E-state index in [1.807, 2.05) is 42.5 Å². The van der Waals surface area contributed by atoms with Crippen molar-refractivity contribution in [2.75, 3.05) is 24.1 Å². The number of hydrogen-bond acceptors (Lipinski definition) is 5. The predicted octanol–water partition coefficient (Wildman–Crippen LogP) is 4.81. The van der Waals surface area contributed by atoms with Gasteiger partial charge in [-0.15, -0.1) is 0 Å². The number of carbonyl (C=O) groups excluding carboxylic acids is 2. The summed E-state index contributed by atoms with van der Waals surface area (Å²) in [7, 11) is 0. The van der Waals surface area contributed by atoms with Crippen molar-refractivity contribution in [3.05, 3.63) is 88.7 Å².